The van der Waals surface area contributed by atoms with Gasteiger partial charge in [-0.15, -0.1) is 0 Å². The molecular weight excluding hydrogens is 312 g/mol. The van der Waals surface area contributed by atoms with Gasteiger partial charge in [-0.3, -0.25) is 9.69 Å². The fraction of sp³-hybridized carbons (Fsp3) is 0.800. The van der Waals surface area contributed by atoms with Crippen molar-refractivity contribution in [3.63, 3.8) is 0 Å². The van der Waals surface area contributed by atoms with Crippen LogP contribution in [0, 0.1) is 11.8 Å². The number of rotatable bonds is 3. The number of aromatic nitrogens is 2. The normalized spacial score (nSPS) is 28.0. The van der Waals surface area contributed by atoms with Crippen LogP contribution in [0.15, 0.2) is 6.33 Å². The molecule has 1 saturated heterocycles. The van der Waals surface area contributed by atoms with Crippen LogP contribution in [0.1, 0.15) is 63.8 Å². The Labute approximate surface area is 151 Å². The van der Waals surface area contributed by atoms with E-state index in [1.807, 2.05) is 20.2 Å². The van der Waals surface area contributed by atoms with Crippen LogP contribution in [-0.2, 0) is 16.8 Å². The van der Waals surface area contributed by atoms with Crippen molar-refractivity contribution >= 4 is 5.91 Å². The number of hydrogen-bond donors (Lipinski definition) is 1. The summed E-state index contributed by atoms with van der Waals surface area (Å²) in [5.74, 6) is 1.18. The van der Waals surface area contributed by atoms with E-state index < -0.39 is 0 Å². The molecule has 0 unspecified atom stereocenters. The van der Waals surface area contributed by atoms with Gasteiger partial charge in [0.15, 0.2) is 0 Å². The highest BCUT2D eigenvalue weighted by Gasteiger charge is 2.50. The number of likely N-dealkylation sites (tertiary alicyclic amines) is 1. The van der Waals surface area contributed by atoms with Gasteiger partial charge in [0, 0.05) is 44.2 Å². The smallest absolute Gasteiger partial charge is 0.225 e. The van der Waals surface area contributed by atoms with E-state index >= 15 is 0 Å². The van der Waals surface area contributed by atoms with Crippen LogP contribution in [0.5, 0.6) is 0 Å². The molecule has 1 saturated carbocycles. The molecule has 3 aliphatic rings. The monoisotopic (exact) mass is 344 g/mol. The van der Waals surface area contributed by atoms with Gasteiger partial charge in [0.1, 0.15) is 0 Å². The molecule has 1 spiro atoms. The van der Waals surface area contributed by atoms with E-state index in [1.54, 1.807) is 0 Å². The predicted molar refractivity (Wildman–Crippen MR) is 98.2 cm³/mol. The van der Waals surface area contributed by atoms with E-state index in [4.69, 9.17) is 4.98 Å². The van der Waals surface area contributed by atoms with Crippen molar-refractivity contribution in [1.29, 1.82) is 0 Å². The Morgan fingerprint density at radius 2 is 2.12 bits per heavy atom. The Hall–Kier alpha value is -1.36. The Kier molecular flexibility index (Phi) is 4.61. The van der Waals surface area contributed by atoms with Gasteiger partial charge in [-0.1, -0.05) is 33.1 Å². The summed E-state index contributed by atoms with van der Waals surface area (Å²) in [6.45, 7) is 7.96. The zero-order chi connectivity index (χ0) is 17.4. The molecule has 2 aliphatic heterocycles. The van der Waals surface area contributed by atoms with E-state index in [0.717, 1.165) is 38.4 Å². The van der Waals surface area contributed by atoms with Crippen molar-refractivity contribution in [3.05, 3.63) is 17.7 Å². The maximum Gasteiger partial charge on any atom is 0.225 e. The predicted octanol–water partition coefficient (Wildman–Crippen LogP) is 2.93. The van der Waals surface area contributed by atoms with E-state index in [1.165, 1.54) is 50.0 Å². The molecule has 138 valence electrons. The second-order valence-electron chi connectivity index (χ2n) is 8.63. The van der Waals surface area contributed by atoms with Crippen molar-refractivity contribution in [1.82, 2.24) is 19.8 Å². The number of carbonyl (C=O) groups is 1. The Balaban J connectivity index is 1.60. The summed E-state index contributed by atoms with van der Waals surface area (Å²) in [4.78, 5) is 25.5. The van der Waals surface area contributed by atoms with E-state index in [0.29, 0.717) is 0 Å². The zero-order valence-electron chi connectivity index (χ0n) is 15.8. The Morgan fingerprint density at radius 3 is 2.88 bits per heavy atom. The third-order valence-corrected chi connectivity index (χ3v) is 6.65. The highest BCUT2D eigenvalue weighted by molar-refractivity contribution is 5.78. The summed E-state index contributed by atoms with van der Waals surface area (Å²) in [7, 11) is 0. The minimum absolute atomic E-state index is 0.0599. The summed E-state index contributed by atoms with van der Waals surface area (Å²) in [5, 5.41) is 0. The molecule has 4 rings (SSSR count). The van der Waals surface area contributed by atoms with Gasteiger partial charge in [0.2, 0.25) is 5.91 Å². The van der Waals surface area contributed by atoms with Gasteiger partial charge in [0.05, 0.1) is 17.6 Å². The number of nitrogens with one attached hydrogen (secondary N) is 1. The average molecular weight is 345 g/mol. The number of nitrogens with zero attached hydrogens (tertiary/aromatic N) is 3. The topological polar surface area (TPSA) is 52.2 Å². The van der Waals surface area contributed by atoms with Crippen molar-refractivity contribution < 1.29 is 4.79 Å². The average Bonchev–Trinajstić information content (AvgIpc) is 3.26. The maximum atomic E-state index is 12.6. The number of amides is 1. The standard InChI is InChI=1S/C20H32N4O/c1-15(2)19(25)23-11-9-20(13-23)18-17(21-14-22-18)8-10-24(20)12-16-6-4-3-5-7-16/h14-16H,3-13H2,1-2H3,(H,21,22)/t20-/m0/s1. The first-order chi connectivity index (χ1) is 12.1. The fourth-order valence-corrected chi connectivity index (χ4v) is 5.27. The van der Waals surface area contributed by atoms with Crippen molar-refractivity contribution in [2.24, 2.45) is 11.8 Å². The number of hydrogen-bond acceptors (Lipinski definition) is 3. The van der Waals surface area contributed by atoms with Gasteiger partial charge in [-0.2, -0.15) is 0 Å². The SMILES string of the molecule is CC(C)C(=O)N1CC[C@]2(C1)c1nc[nH]c1CCN2CC1CCCCC1. The van der Waals surface area contributed by atoms with Crippen LogP contribution in [0.2, 0.25) is 0 Å². The molecule has 0 aromatic carbocycles. The molecule has 1 aliphatic carbocycles. The lowest BCUT2D eigenvalue weighted by Gasteiger charge is -2.45. The van der Waals surface area contributed by atoms with Crippen molar-refractivity contribution in [2.45, 2.75) is 64.3 Å². The molecule has 25 heavy (non-hydrogen) atoms. The van der Waals surface area contributed by atoms with Gasteiger partial charge in [-0.25, -0.2) is 4.98 Å². The Bertz CT molecular complexity index is 619. The minimum Gasteiger partial charge on any atom is -0.348 e. The first-order valence-electron chi connectivity index (χ1n) is 10.2. The second kappa shape index (κ2) is 6.75. The van der Waals surface area contributed by atoms with Gasteiger partial charge >= 0.3 is 0 Å². The second-order valence-corrected chi connectivity index (χ2v) is 8.63. The van der Waals surface area contributed by atoms with Crippen molar-refractivity contribution in [3.8, 4) is 0 Å². The molecule has 5 heteroatoms. The van der Waals surface area contributed by atoms with Crippen LogP contribution in [0.25, 0.3) is 0 Å². The van der Waals surface area contributed by atoms with Crippen LogP contribution in [-0.4, -0.2) is 51.9 Å². The minimum atomic E-state index is -0.0599. The highest BCUT2D eigenvalue weighted by Crippen LogP contribution is 2.43. The molecular formula is C20H32N4O. The molecule has 1 aromatic heterocycles. The molecule has 2 fully saturated rings. The summed E-state index contributed by atoms with van der Waals surface area (Å²) in [5.41, 5.74) is 2.45. The summed E-state index contributed by atoms with van der Waals surface area (Å²) < 4.78 is 0. The lowest BCUT2D eigenvalue weighted by Crippen LogP contribution is -2.54. The summed E-state index contributed by atoms with van der Waals surface area (Å²) >= 11 is 0. The molecule has 1 amide bonds. The lowest BCUT2D eigenvalue weighted by atomic mass is 9.82. The number of carbonyl (C=O) groups excluding carboxylic acids is 1. The van der Waals surface area contributed by atoms with E-state index in [9.17, 15) is 4.79 Å². The summed E-state index contributed by atoms with van der Waals surface area (Å²) in [6.07, 6.45) is 10.8. The molecule has 1 N–H and O–H groups in total. The number of imidazole rings is 1. The first kappa shape index (κ1) is 17.1. The molecule has 1 atom stereocenters. The van der Waals surface area contributed by atoms with Crippen LogP contribution in [0.3, 0.4) is 0 Å². The number of fused-ring (bicyclic) bond motifs is 2. The third-order valence-electron chi connectivity index (χ3n) is 6.65. The summed E-state index contributed by atoms with van der Waals surface area (Å²) in [6, 6.07) is 0. The van der Waals surface area contributed by atoms with E-state index in [-0.39, 0.29) is 17.4 Å². The lowest BCUT2D eigenvalue weighted by molar-refractivity contribution is -0.134. The van der Waals surface area contributed by atoms with Gasteiger partial charge in [-0.05, 0) is 25.2 Å². The molecule has 1 aromatic rings. The fourth-order valence-electron chi connectivity index (χ4n) is 5.27. The molecule has 5 nitrogen and oxygen atoms in total. The number of aromatic amines is 1. The molecule has 0 radical (unpaired) electrons. The van der Waals surface area contributed by atoms with Crippen molar-refractivity contribution in [2.75, 3.05) is 26.2 Å². The van der Waals surface area contributed by atoms with Gasteiger partial charge < -0.3 is 9.88 Å². The van der Waals surface area contributed by atoms with Crippen LogP contribution < -0.4 is 0 Å². The third kappa shape index (κ3) is 3.01. The van der Waals surface area contributed by atoms with E-state index in [2.05, 4.69) is 14.8 Å². The number of H-pyrrole nitrogens is 1. The maximum absolute atomic E-state index is 12.6. The Morgan fingerprint density at radius 1 is 1.32 bits per heavy atom. The van der Waals surface area contributed by atoms with Crippen LogP contribution >= 0.6 is 0 Å². The quantitative estimate of drug-likeness (QED) is 0.917. The zero-order valence-corrected chi connectivity index (χ0v) is 15.8. The highest BCUT2D eigenvalue weighted by atomic mass is 16.2. The first-order valence-corrected chi connectivity index (χ1v) is 10.2. The molecule has 3 heterocycles. The van der Waals surface area contributed by atoms with Gasteiger partial charge in [0.25, 0.3) is 0 Å². The largest absolute Gasteiger partial charge is 0.348 e. The van der Waals surface area contributed by atoms with Crippen LogP contribution in [0.4, 0.5) is 0 Å². The molecule has 0 bridgehead atoms.